The normalized spacial score (nSPS) is 21.5. The number of primary amides is 1. The maximum absolute atomic E-state index is 13.8. The molecule has 1 aliphatic rings. The fraction of sp³-hybridized carbons (Fsp3) is 0.500. The zero-order valence-electron chi connectivity index (χ0n) is 12.9. The number of likely N-dealkylation sites (tertiary alicyclic amines) is 1. The van der Waals surface area contributed by atoms with Gasteiger partial charge in [-0.1, -0.05) is 13.0 Å². The van der Waals surface area contributed by atoms with Gasteiger partial charge in [0.15, 0.2) is 0 Å². The Morgan fingerprint density at radius 3 is 2.73 bits per heavy atom. The maximum atomic E-state index is 13.8. The molecule has 0 radical (unpaired) electrons. The second-order valence-electron chi connectivity index (χ2n) is 5.77. The first kappa shape index (κ1) is 16.3. The highest BCUT2D eigenvalue weighted by Crippen LogP contribution is 2.23. The van der Waals surface area contributed by atoms with E-state index in [1.807, 2.05) is 13.8 Å². The van der Waals surface area contributed by atoms with E-state index in [2.05, 4.69) is 5.32 Å². The zero-order valence-corrected chi connectivity index (χ0v) is 12.9. The molecule has 1 fully saturated rings. The summed E-state index contributed by atoms with van der Waals surface area (Å²) in [7, 11) is 0. The first-order chi connectivity index (χ1) is 10.4. The number of aryl methyl sites for hydroxylation is 1. The molecule has 2 rings (SSSR count). The summed E-state index contributed by atoms with van der Waals surface area (Å²) >= 11 is 0. The van der Waals surface area contributed by atoms with Gasteiger partial charge in [-0.3, -0.25) is 4.79 Å². The third-order valence-corrected chi connectivity index (χ3v) is 4.23. The molecule has 0 aliphatic carbocycles. The number of hydrogen-bond acceptors (Lipinski definition) is 2. The minimum Gasteiger partial charge on any atom is -0.369 e. The van der Waals surface area contributed by atoms with Crippen LogP contribution < -0.4 is 11.1 Å². The topological polar surface area (TPSA) is 75.4 Å². The minimum atomic E-state index is -0.386. The molecule has 5 nitrogen and oxygen atoms in total. The van der Waals surface area contributed by atoms with Crippen molar-refractivity contribution in [1.29, 1.82) is 0 Å². The summed E-state index contributed by atoms with van der Waals surface area (Å²) < 4.78 is 13.8. The molecule has 0 unspecified atom stereocenters. The van der Waals surface area contributed by atoms with Crippen LogP contribution in [0.15, 0.2) is 18.2 Å². The highest BCUT2D eigenvalue weighted by atomic mass is 19.1. The van der Waals surface area contributed by atoms with Crippen molar-refractivity contribution in [1.82, 2.24) is 4.90 Å². The van der Waals surface area contributed by atoms with Gasteiger partial charge in [-0.05, 0) is 43.9 Å². The summed E-state index contributed by atoms with van der Waals surface area (Å²) in [6, 6.07) is 4.35. The van der Waals surface area contributed by atoms with Crippen molar-refractivity contribution in [3.8, 4) is 0 Å². The number of anilines is 1. The molecule has 1 aromatic rings. The van der Waals surface area contributed by atoms with Crippen LogP contribution in [-0.2, 0) is 11.2 Å². The van der Waals surface area contributed by atoms with Crippen molar-refractivity contribution >= 4 is 17.6 Å². The van der Waals surface area contributed by atoms with Gasteiger partial charge in [0.25, 0.3) is 0 Å². The van der Waals surface area contributed by atoms with Gasteiger partial charge in [0.2, 0.25) is 5.91 Å². The SMILES string of the molecule is CCc1ccc(NC(=O)N2C[C@H](C(N)=O)CC[C@H]2C)cc1F. The van der Waals surface area contributed by atoms with Crippen LogP contribution in [0.2, 0.25) is 0 Å². The molecule has 0 saturated carbocycles. The molecule has 3 N–H and O–H groups in total. The van der Waals surface area contributed by atoms with Crippen LogP contribution in [0.25, 0.3) is 0 Å². The molecule has 0 aromatic heterocycles. The number of nitrogens with zero attached hydrogens (tertiary/aromatic N) is 1. The lowest BCUT2D eigenvalue weighted by atomic mass is 9.93. The van der Waals surface area contributed by atoms with Gasteiger partial charge < -0.3 is 16.0 Å². The zero-order chi connectivity index (χ0) is 16.3. The fourth-order valence-electron chi connectivity index (χ4n) is 2.73. The van der Waals surface area contributed by atoms with Crippen molar-refractivity contribution < 1.29 is 14.0 Å². The number of halogens is 1. The Balaban J connectivity index is 2.07. The summed E-state index contributed by atoms with van der Waals surface area (Å²) in [5, 5.41) is 2.69. The number of carbonyl (C=O) groups is 2. The van der Waals surface area contributed by atoms with E-state index >= 15 is 0 Å². The summed E-state index contributed by atoms with van der Waals surface area (Å²) in [5.41, 5.74) is 6.35. The Bertz CT molecular complexity index is 577. The highest BCUT2D eigenvalue weighted by molar-refractivity contribution is 5.90. The number of nitrogens with two attached hydrogens (primary N) is 1. The van der Waals surface area contributed by atoms with Crippen LogP contribution in [0.5, 0.6) is 0 Å². The molecule has 6 heteroatoms. The molecule has 2 atom stereocenters. The number of carbonyl (C=O) groups excluding carboxylic acids is 2. The van der Waals surface area contributed by atoms with Crippen LogP contribution >= 0.6 is 0 Å². The minimum absolute atomic E-state index is 0.0235. The van der Waals surface area contributed by atoms with Crippen molar-refractivity contribution in [3.63, 3.8) is 0 Å². The molecule has 1 heterocycles. The van der Waals surface area contributed by atoms with Crippen LogP contribution in [0.1, 0.15) is 32.3 Å². The van der Waals surface area contributed by atoms with E-state index in [0.717, 1.165) is 6.42 Å². The second kappa shape index (κ2) is 6.77. The van der Waals surface area contributed by atoms with Gasteiger partial charge in [0, 0.05) is 18.3 Å². The average molecular weight is 307 g/mol. The molecule has 3 amide bonds. The Hall–Kier alpha value is -2.11. The number of hydrogen-bond donors (Lipinski definition) is 2. The van der Waals surface area contributed by atoms with E-state index in [1.54, 1.807) is 17.0 Å². The number of amides is 3. The van der Waals surface area contributed by atoms with E-state index in [4.69, 9.17) is 5.73 Å². The van der Waals surface area contributed by atoms with Gasteiger partial charge in [-0.2, -0.15) is 0 Å². The standard InChI is InChI=1S/C16H22FN3O2/c1-3-11-6-7-13(8-14(11)17)19-16(22)20-9-12(15(18)21)5-4-10(20)2/h6-8,10,12H,3-5,9H2,1-2H3,(H2,18,21)(H,19,22)/t10-,12-/m1/s1. The van der Waals surface area contributed by atoms with Gasteiger partial charge in [0.05, 0.1) is 5.92 Å². The van der Waals surface area contributed by atoms with E-state index in [9.17, 15) is 14.0 Å². The Morgan fingerprint density at radius 1 is 1.41 bits per heavy atom. The average Bonchev–Trinajstić information content (AvgIpc) is 2.47. The quantitative estimate of drug-likeness (QED) is 0.900. The molecule has 120 valence electrons. The molecular weight excluding hydrogens is 285 g/mol. The highest BCUT2D eigenvalue weighted by Gasteiger charge is 2.31. The smallest absolute Gasteiger partial charge is 0.322 e. The Morgan fingerprint density at radius 2 is 2.14 bits per heavy atom. The van der Waals surface area contributed by atoms with Gasteiger partial charge >= 0.3 is 6.03 Å². The van der Waals surface area contributed by atoms with Crippen molar-refractivity contribution in [2.75, 3.05) is 11.9 Å². The Labute approximate surface area is 129 Å². The lowest BCUT2D eigenvalue weighted by molar-refractivity contribution is -0.123. The first-order valence-corrected chi connectivity index (χ1v) is 7.57. The summed E-state index contributed by atoms with van der Waals surface area (Å²) in [6.45, 7) is 4.10. The lowest BCUT2D eigenvalue weighted by Crippen LogP contribution is -2.50. The van der Waals surface area contributed by atoms with E-state index in [-0.39, 0.29) is 29.7 Å². The Kier molecular flexibility index (Phi) is 5.00. The molecule has 0 spiro atoms. The monoisotopic (exact) mass is 307 g/mol. The molecule has 1 aliphatic heterocycles. The van der Waals surface area contributed by atoms with E-state index in [0.29, 0.717) is 30.6 Å². The summed E-state index contributed by atoms with van der Waals surface area (Å²) in [6.07, 6.45) is 2.02. The van der Waals surface area contributed by atoms with Crippen LogP contribution in [-0.4, -0.2) is 29.4 Å². The van der Waals surface area contributed by atoms with Crippen LogP contribution in [0, 0.1) is 11.7 Å². The molecule has 0 bridgehead atoms. The molecule has 1 saturated heterocycles. The van der Waals surface area contributed by atoms with Crippen LogP contribution in [0.3, 0.4) is 0 Å². The van der Waals surface area contributed by atoms with Crippen molar-refractivity contribution in [3.05, 3.63) is 29.6 Å². The van der Waals surface area contributed by atoms with Crippen LogP contribution in [0.4, 0.5) is 14.9 Å². The van der Waals surface area contributed by atoms with E-state index < -0.39 is 0 Å². The van der Waals surface area contributed by atoms with Crippen molar-refractivity contribution in [2.24, 2.45) is 11.7 Å². The molecule has 22 heavy (non-hydrogen) atoms. The number of piperidine rings is 1. The van der Waals surface area contributed by atoms with Gasteiger partial charge in [-0.15, -0.1) is 0 Å². The molecule has 1 aromatic carbocycles. The first-order valence-electron chi connectivity index (χ1n) is 7.57. The number of benzene rings is 1. The summed E-state index contributed by atoms with van der Waals surface area (Å²) in [5.74, 6) is -1.04. The number of urea groups is 1. The number of rotatable bonds is 3. The largest absolute Gasteiger partial charge is 0.369 e. The summed E-state index contributed by atoms with van der Waals surface area (Å²) in [4.78, 5) is 25.3. The maximum Gasteiger partial charge on any atom is 0.322 e. The third-order valence-electron chi connectivity index (χ3n) is 4.23. The predicted octanol–water partition coefficient (Wildman–Crippen LogP) is 2.51. The fourth-order valence-corrected chi connectivity index (χ4v) is 2.73. The third kappa shape index (κ3) is 3.55. The van der Waals surface area contributed by atoms with Gasteiger partial charge in [-0.25, -0.2) is 9.18 Å². The predicted molar refractivity (Wildman–Crippen MR) is 82.9 cm³/mol. The van der Waals surface area contributed by atoms with Gasteiger partial charge in [0.1, 0.15) is 5.82 Å². The number of nitrogens with one attached hydrogen (secondary N) is 1. The lowest BCUT2D eigenvalue weighted by Gasteiger charge is -2.36. The molecular formula is C16H22FN3O2. The van der Waals surface area contributed by atoms with E-state index in [1.165, 1.54) is 6.07 Å². The second-order valence-corrected chi connectivity index (χ2v) is 5.77. The van der Waals surface area contributed by atoms with Crippen molar-refractivity contribution in [2.45, 2.75) is 39.2 Å².